The van der Waals surface area contributed by atoms with Crippen molar-refractivity contribution >= 4 is 78.1 Å². The standard InChI is InChI=1S/C52H28N4O4/c53-27-33-25-41-45-39(49(57)55(51(41)59)35-15-11-31(12-16-35)23-29-7-3-1-4-8-29)21-19-37-44-34(28-54)26-42-46-40(22-20-38(48(44)46)43(33)47(37)45)50(58)56(52(42)60)36-17-13-32(14-18-36)24-30-9-5-2-6-10-30/h1-22,25-26H,23-24H2. The molecule has 280 valence electrons. The summed E-state index contributed by atoms with van der Waals surface area (Å²) in [5.74, 6) is -2.15. The van der Waals surface area contributed by atoms with Crippen LogP contribution in [0.25, 0.3) is 43.1 Å². The maximum Gasteiger partial charge on any atom is 0.266 e. The lowest BCUT2D eigenvalue weighted by Gasteiger charge is -2.30. The van der Waals surface area contributed by atoms with Gasteiger partial charge in [-0.15, -0.1) is 0 Å². The van der Waals surface area contributed by atoms with E-state index in [1.807, 2.05) is 84.9 Å². The minimum Gasteiger partial charge on any atom is -0.268 e. The van der Waals surface area contributed by atoms with E-state index in [4.69, 9.17) is 0 Å². The first-order valence-electron chi connectivity index (χ1n) is 19.5. The van der Waals surface area contributed by atoms with Gasteiger partial charge in [-0.3, -0.25) is 19.2 Å². The third kappa shape index (κ3) is 4.95. The maximum atomic E-state index is 14.5. The first kappa shape index (κ1) is 34.8. The highest BCUT2D eigenvalue weighted by Gasteiger charge is 2.39. The normalized spacial score (nSPS) is 13.5. The van der Waals surface area contributed by atoms with E-state index in [-0.39, 0.29) is 33.4 Å². The lowest BCUT2D eigenvalue weighted by molar-refractivity contribution is 0.0877. The van der Waals surface area contributed by atoms with Crippen molar-refractivity contribution in [1.82, 2.24) is 0 Å². The average Bonchev–Trinajstić information content (AvgIpc) is 3.28. The molecule has 8 heteroatoms. The fourth-order valence-electron chi connectivity index (χ4n) is 9.30. The quantitative estimate of drug-likeness (QED) is 0.0942. The highest BCUT2D eigenvalue weighted by molar-refractivity contribution is 6.46. The van der Waals surface area contributed by atoms with Crippen molar-refractivity contribution in [3.8, 4) is 12.1 Å². The first-order valence-corrected chi connectivity index (χ1v) is 19.5. The molecule has 11 rings (SSSR count). The average molecular weight is 773 g/mol. The van der Waals surface area contributed by atoms with E-state index in [0.29, 0.717) is 67.3 Å². The fraction of sp³-hybridized carbons (Fsp3) is 0.0385. The van der Waals surface area contributed by atoms with Gasteiger partial charge in [0.2, 0.25) is 0 Å². The predicted octanol–water partition coefficient (Wildman–Crippen LogP) is 10.3. The molecule has 0 atom stereocenters. The summed E-state index contributed by atoms with van der Waals surface area (Å²) in [6.07, 6.45) is 1.38. The number of imide groups is 2. The van der Waals surface area contributed by atoms with E-state index >= 15 is 0 Å². The Kier molecular flexibility index (Phi) is 7.55. The second-order valence-electron chi connectivity index (χ2n) is 15.3. The molecule has 0 fully saturated rings. The van der Waals surface area contributed by atoms with Crippen LogP contribution in [0.5, 0.6) is 0 Å². The zero-order valence-electron chi connectivity index (χ0n) is 31.7. The Morgan fingerprint density at radius 3 is 1.08 bits per heavy atom. The van der Waals surface area contributed by atoms with Crippen molar-refractivity contribution in [3.05, 3.63) is 201 Å². The fourth-order valence-corrected chi connectivity index (χ4v) is 9.30. The molecule has 2 aliphatic rings. The monoisotopic (exact) mass is 772 g/mol. The minimum atomic E-state index is -0.565. The summed E-state index contributed by atoms with van der Waals surface area (Å²) in [6.45, 7) is 0. The van der Waals surface area contributed by atoms with Gasteiger partial charge >= 0.3 is 0 Å². The predicted molar refractivity (Wildman–Crippen MR) is 231 cm³/mol. The van der Waals surface area contributed by atoms with Gasteiger partial charge in [-0.25, -0.2) is 9.80 Å². The third-order valence-corrected chi connectivity index (χ3v) is 12.0. The molecule has 9 aromatic carbocycles. The van der Waals surface area contributed by atoms with Crippen LogP contribution in [0.3, 0.4) is 0 Å². The zero-order chi connectivity index (χ0) is 40.8. The number of carbonyl (C=O) groups excluding carboxylic acids is 4. The van der Waals surface area contributed by atoms with Gasteiger partial charge in [0.15, 0.2) is 0 Å². The van der Waals surface area contributed by atoms with E-state index in [1.54, 1.807) is 48.5 Å². The highest BCUT2D eigenvalue weighted by Crippen LogP contribution is 2.49. The van der Waals surface area contributed by atoms with Crippen LogP contribution in [0.4, 0.5) is 11.4 Å². The first-order chi connectivity index (χ1) is 29.3. The molecule has 8 nitrogen and oxygen atoms in total. The van der Waals surface area contributed by atoms with Gasteiger partial charge in [0.25, 0.3) is 23.6 Å². The number of carbonyl (C=O) groups is 4. The Bertz CT molecular complexity index is 3220. The number of nitriles is 2. The summed E-state index contributed by atoms with van der Waals surface area (Å²) in [5.41, 5.74) is 6.44. The summed E-state index contributed by atoms with van der Waals surface area (Å²) < 4.78 is 0. The molecule has 0 aliphatic carbocycles. The van der Waals surface area contributed by atoms with Crippen LogP contribution in [0, 0.1) is 22.7 Å². The summed E-state index contributed by atoms with van der Waals surface area (Å²) >= 11 is 0. The Balaban J connectivity index is 1.06. The van der Waals surface area contributed by atoms with E-state index in [0.717, 1.165) is 32.1 Å². The molecule has 0 saturated carbocycles. The number of rotatable bonds is 6. The number of nitrogens with zero attached hydrogens (tertiary/aromatic N) is 4. The SMILES string of the molecule is N#Cc1cc2c3c(ccc4c5c(C#N)cc6c7c(ccc(c1c34)c75)C(=O)N(c1ccc(Cc3ccccc3)cc1)C6=O)C(=O)N(c1ccc(Cc3ccccc3)cc1)C2=O. The zero-order valence-corrected chi connectivity index (χ0v) is 31.7. The summed E-state index contributed by atoms with van der Waals surface area (Å²) in [7, 11) is 0. The number of benzene rings is 9. The van der Waals surface area contributed by atoms with E-state index < -0.39 is 23.6 Å². The third-order valence-electron chi connectivity index (χ3n) is 12.0. The Labute approximate surface area is 342 Å². The molecule has 4 amide bonds. The van der Waals surface area contributed by atoms with Crippen LogP contribution in [-0.4, -0.2) is 23.6 Å². The van der Waals surface area contributed by atoms with E-state index in [1.165, 1.54) is 12.1 Å². The number of anilines is 2. The van der Waals surface area contributed by atoms with Gasteiger partial charge < -0.3 is 0 Å². The molecule has 0 aromatic heterocycles. The molecular formula is C52H28N4O4. The van der Waals surface area contributed by atoms with E-state index in [2.05, 4.69) is 12.1 Å². The molecule has 0 saturated heterocycles. The largest absolute Gasteiger partial charge is 0.268 e. The van der Waals surface area contributed by atoms with Crippen molar-refractivity contribution in [3.63, 3.8) is 0 Å². The van der Waals surface area contributed by atoms with E-state index in [9.17, 15) is 29.7 Å². The number of amides is 4. The van der Waals surface area contributed by atoms with Crippen LogP contribution in [0.15, 0.2) is 146 Å². The van der Waals surface area contributed by atoms with Gasteiger partial charge in [0.05, 0.1) is 45.8 Å². The van der Waals surface area contributed by atoms with Crippen LogP contribution in [-0.2, 0) is 12.8 Å². The maximum absolute atomic E-state index is 14.5. The lowest BCUT2D eigenvalue weighted by Crippen LogP contribution is -2.40. The molecule has 0 N–H and O–H groups in total. The van der Waals surface area contributed by atoms with Crippen LogP contribution in [0.1, 0.15) is 74.8 Å². The van der Waals surface area contributed by atoms with Gasteiger partial charge in [0.1, 0.15) is 0 Å². The topological polar surface area (TPSA) is 122 Å². The second kappa shape index (κ2) is 13.0. The smallest absolute Gasteiger partial charge is 0.266 e. The highest BCUT2D eigenvalue weighted by atomic mass is 16.2. The Hall–Kier alpha value is -8.46. The molecular weight excluding hydrogens is 745 g/mol. The molecule has 0 spiro atoms. The molecule has 0 radical (unpaired) electrons. The molecule has 9 aromatic rings. The van der Waals surface area contributed by atoms with Crippen LogP contribution >= 0.6 is 0 Å². The summed E-state index contributed by atoms with van der Waals surface area (Å²) in [4.78, 5) is 60.0. The van der Waals surface area contributed by atoms with Gasteiger partial charge in [-0.1, -0.05) is 97.1 Å². The van der Waals surface area contributed by atoms with Crippen molar-refractivity contribution in [2.24, 2.45) is 0 Å². The Morgan fingerprint density at radius 2 is 0.717 bits per heavy atom. The second-order valence-corrected chi connectivity index (χ2v) is 15.3. The molecule has 0 bridgehead atoms. The Morgan fingerprint density at radius 1 is 0.367 bits per heavy atom. The molecule has 0 unspecified atom stereocenters. The van der Waals surface area contributed by atoms with Crippen molar-refractivity contribution < 1.29 is 19.2 Å². The number of fused-ring (bicyclic) bond motifs is 2. The van der Waals surface area contributed by atoms with Gasteiger partial charge in [-0.2, -0.15) is 10.5 Å². The van der Waals surface area contributed by atoms with Crippen molar-refractivity contribution in [1.29, 1.82) is 10.5 Å². The summed E-state index contributed by atoms with van der Waals surface area (Å²) in [6, 6.07) is 49.1. The number of hydrogen-bond acceptors (Lipinski definition) is 6. The van der Waals surface area contributed by atoms with Crippen molar-refractivity contribution in [2.75, 3.05) is 9.80 Å². The molecule has 60 heavy (non-hydrogen) atoms. The van der Waals surface area contributed by atoms with Gasteiger partial charge in [-0.05, 0) is 94.4 Å². The van der Waals surface area contributed by atoms with Crippen molar-refractivity contribution in [2.45, 2.75) is 12.8 Å². The van der Waals surface area contributed by atoms with Crippen LogP contribution < -0.4 is 9.80 Å². The number of hydrogen-bond donors (Lipinski definition) is 0. The molecule has 2 heterocycles. The summed E-state index contributed by atoms with van der Waals surface area (Å²) in [5, 5.41) is 25.2. The molecule has 2 aliphatic heterocycles. The van der Waals surface area contributed by atoms with Crippen LogP contribution in [0.2, 0.25) is 0 Å². The lowest BCUT2D eigenvalue weighted by atomic mass is 9.79. The minimum absolute atomic E-state index is 0.187. The van der Waals surface area contributed by atoms with Gasteiger partial charge in [0, 0.05) is 43.4 Å².